The van der Waals surface area contributed by atoms with Gasteiger partial charge in [0, 0.05) is 12.6 Å². The van der Waals surface area contributed by atoms with Crippen molar-refractivity contribution < 1.29 is 14.3 Å². The minimum absolute atomic E-state index is 0.207. The van der Waals surface area contributed by atoms with Crippen molar-refractivity contribution >= 4 is 5.97 Å². The lowest BCUT2D eigenvalue weighted by molar-refractivity contribution is -0.141. The summed E-state index contributed by atoms with van der Waals surface area (Å²) in [6.07, 6.45) is 2.54. The molecule has 0 amide bonds. The van der Waals surface area contributed by atoms with Gasteiger partial charge in [0.15, 0.2) is 0 Å². The molecule has 1 aromatic carbocycles. The van der Waals surface area contributed by atoms with Gasteiger partial charge in [0.25, 0.3) is 0 Å². The van der Waals surface area contributed by atoms with Crippen LogP contribution in [0.3, 0.4) is 0 Å². The van der Waals surface area contributed by atoms with Gasteiger partial charge < -0.3 is 10.4 Å². The molecule has 3 nitrogen and oxygen atoms in total. The normalized spacial score (nSPS) is 14.0. The van der Waals surface area contributed by atoms with Crippen LogP contribution in [0.5, 0.6) is 0 Å². The van der Waals surface area contributed by atoms with Gasteiger partial charge in [-0.15, -0.1) is 0 Å². The summed E-state index contributed by atoms with van der Waals surface area (Å²) < 4.78 is 13.0. The van der Waals surface area contributed by atoms with Crippen LogP contribution < -0.4 is 5.32 Å². The van der Waals surface area contributed by atoms with Gasteiger partial charge >= 0.3 is 5.97 Å². The SMILES string of the molecule is Cc1cc(F)ccc1CNC(C)CCCC(C)C(=O)O. The molecule has 0 bridgehead atoms. The van der Waals surface area contributed by atoms with Gasteiger partial charge in [-0.3, -0.25) is 4.79 Å². The van der Waals surface area contributed by atoms with E-state index in [-0.39, 0.29) is 11.7 Å². The number of aliphatic carboxylic acids is 1. The summed E-state index contributed by atoms with van der Waals surface area (Å²) in [4.78, 5) is 10.7. The molecule has 112 valence electrons. The van der Waals surface area contributed by atoms with E-state index in [0.29, 0.717) is 19.0 Å². The number of carbonyl (C=O) groups is 1. The molecule has 0 aliphatic carbocycles. The molecule has 0 aromatic heterocycles. The zero-order valence-electron chi connectivity index (χ0n) is 12.4. The van der Waals surface area contributed by atoms with Gasteiger partial charge in [-0.25, -0.2) is 4.39 Å². The van der Waals surface area contributed by atoms with Gasteiger partial charge in [0.1, 0.15) is 5.82 Å². The molecule has 0 aliphatic rings. The average Bonchev–Trinajstić information content (AvgIpc) is 2.37. The van der Waals surface area contributed by atoms with Crippen molar-refractivity contribution in [2.24, 2.45) is 5.92 Å². The molecule has 0 heterocycles. The second kappa shape index (κ2) is 8.00. The third kappa shape index (κ3) is 5.70. The van der Waals surface area contributed by atoms with Crippen molar-refractivity contribution in [2.45, 2.75) is 52.6 Å². The number of carboxylic acid groups (broad SMARTS) is 1. The fourth-order valence-electron chi connectivity index (χ4n) is 2.10. The lowest BCUT2D eigenvalue weighted by atomic mass is 10.0. The summed E-state index contributed by atoms with van der Waals surface area (Å²) in [6, 6.07) is 5.14. The Kier molecular flexibility index (Phi) is 6.65. The van der Waals surface area contributed by atoms with Crippen LogP contribution in [0, 0.1) is 18.7 Å². The average molecular weight is 281 g/mol. The van der Waals surface area contributed by atoms with Crippen LogP contribution in [0.15, 0.2) is 18.2 Å². The molecule has 0 saturated carbocycles. The van der Waals surface area contributed by atoms with E-state index in [2.05, 4.69) is 12.2 Å². The highest BCUT2D eigenvalue weighted by Crippen LogP contribution is 2.12. The number of aryl methyl sites for hydroxylation is 1. The van der Waals surface area contributed by atoms with Crippen molar-refractivity contribution in [3.63, 3.8) is 0 Å². The highest BCUT2D eigenvalue weighted by Gasteiger charge is 2.11. The van der Waals surface area contributed by atoms with Crippen LogP contribution in [0.25, 0.3) is 0 Å². The molecule has 1 rings (SSSR count). The summed E-state index contributed by atoms with van der Waals surface area (Å²) in [6.45, 7) is 6.44. The van der Waals surface area contributed by atoms with Crippen LogP contribution in [0.2, 0.25) is 0 Å². The number of hydrogen-bond acceptors (Lipinski definition) is 2. The molecule has 1 aromatic rings. The van der Waals surface area contributed by atoms with Crippen molar-refractivity contribution in [1.82, 2.24) is 5.32 Å². The lowest BCUT2D eigenvalue weighted by Crippen LogP contribution is -2.26. The Labute approximate surface area is 120 Å². The monoisotopic (exact) mass is 281 g/mol. The summed E-state index contributed by atoms with van der Waals surface area (Å²) in [7, 11) is 0. The summed E-state index contributed by atoms with van der Waals surface area (Å²) in [5, 5.41) is 12.2. The Morgan fingerprint density at radius 3 is 2.65 bits per heavy atom. The van der Waals surface area contributed by atoms with Gasteiger partial charge in [0.05, 0.1) is 5.92 Å². The minimum Gasteiger partial charge on any atom is -0.481 e. The maximum atomic E-state index is 13.0. The second-order valence-electron chi connectivity index (χ2n) is 5.52. The third-order valence-corrected chi connectivity index (χ3v) is 3.64. The van der Waals surface area contributed by atoms with Crippen molar-refractivity contribution in [1.29, 1.82) is 0 Å². The third-order valence-electron chi connectivity index (χ3n) is 3.64. The van der Waals surface area contributed by atoms with Gasteiger partial charge in [-0.1, -0.05) is 19.4 Å². The first kappa shape index (κ1) is 16.6. The number of halogens is 1. The first-order valence-corrected chi connectivity index (χ1v) is 7.11. The Hall–Kier alpha value is -1.42. The van der Waals surface area contributed by atoms with Crippen molar-refractivity contribution in [3.8, 4) is 0 Å². The predicted octanol–water partition coefficient (Wildman–Crippen LogP) is 3.50. The quantitative estimate of drug-likeness (QED) is 0.766. The van der Waals surface area contributed by atoms with E-state index in [1.807, 2.05) is 6.92 Å². The minimum atomic E-state index is -0.729. The molecule has 0 radical (unpaired) electrons. The molecule has 4 heteroatoms. The van der Waals surface area contributed by atoms with Crippen molar-refractivity contribution in [2.75, 3.05) is 0 Å². The van der Waals surface area contributed by atoms with E-state index in [1.165, 1.54) is 12.1 Å². The Bertz CT molecular complexity index is 448. The van der Waals surface area contributed by atoms with Gasteiger partial charge in [-0.2, -0.15) is 0 Å². The van der Waals surface area contributed by atoms with Crippen LogP contribution in [-0.2, 0) is 11.3 Å². The number of benzene rings is 1. The van der Waals surface area contributed by atoms with Crippen LogP contribution in [0.1, 0.15) is 44.2 Å². The van der Waals surface area contributed by atoms with Gasteiger partial charge in [0.2, 0.25) is 0 Å². The van der Waals surface area contributed by atoms with E-state index in [1.54, 1.807) is 13.0 Å². The Morgan fingerprint density at radius 2 is 2.05 bits per heavy atom. The molecule has 0 fully saturated rings. The lowest BCUT2D eigenvalue weighted by Gasteiger charge is -2.15. The Morgan fingerprint density at radius 1 is 1.35 bits per heavy atom. The molecule has 20 heavy (non-hydrogen) atoms. The smallest absolute Gasteiger partial charge is 0.306 e. The number of nitrogens with one attached hydrogen (secondary N) is 1. The fourth-order valence-corrected chi connectivity index (χ4v) is 2.10. The molecular formula is C16H24FNO2. The maximum absolute atomic E-state index is 13.0. The maximum Gasteiger partial charge on any atom is 0.306 e. The molecule has 0 saturated heterocycles. The zero-order chi connectivity index (χ0) is 15.1. The molecule has 2 unspecified atom stereocenters. The zero-order valence-corrected chi connectivity index (χ0v) is 12.4. The molecule has 2 N–H and O–H groups in total. The fraction of sp³-hybridized carbons (Fsp3) is 0.562. The molecule has 0 aliphatic heterocycles. The standard InChI is InChI=1S/C16H24FNO2/c1-11(16(19)20)5-4-6-13(3)18-10-14-7-8-15(17)9-12(14)2/h7-9,11,13,18H,4-6,10H2,1-3H3,(H,19,20). The summed E-state index contributed by atoms with van der Waals surface area (Å²) >= 11 is 0. The number of hydrogen-bond donors (Lipinski definition) is 2. The van der Waals surface area contributed by atoms with Crippen LogP contribution in [-0.4, -0.2) is 17.1 Å². The molecule has 2 atom stereocenters. The first-order chi connectivity index (χ1) is 9.40. The summed E-state index contributed by atoms with van der Waals surface area (Å²) in [5.74, 6) is -1.21. The largest absolute Gasteiger partial charge is 0.481 e. The second-order valence-corrected chi connectivity index (χ2v) is 5.52. The first-order valence-electron chi connectivity index (χ1n) is 7.11. The van der Waals surface area contributed by atoms with E-state index in [9.17, 15) is 9.18 Å². The highest BCUT2D eigenvalue weighted by atomic mass is 19.1. The van der Waals surface area contributed by atoms with E-state index >= 15 is 0 Å². The summed E-state index contributed by atoms with van der Waals surface area (Å²) in [5.41, 5.74) is 2.04. The topological polar surface area (TPSA) is 49.3 Å². The molecular weight excluding hydrogens is 257 g/mol. The van der Waals surface area contributed by atoms with Crippen molar-refractivity contribution in [3.05, 3.63) is 35.1 Å². The number of rotatable bonds is 8. The van der Waals surface area contributed by atoms with Crippen LogP contribution >= 0.6 is 0 Å². The van der Waals surface area contributed by atoms with E-state index in [4.69, 9.17) is 5.11 Å². The number of carboxylic acids is 1. The predicted molar refractivity (Wildman–Crippen MR) is 78.1 cm³/mol. The van der Waals surface area contributed by atoms with Gasteiger partial charge in [-0.05, 0) is 49.9 Å². The van der Waals surface area contributed by atoms with E-state index < -0.39 is 5.97 Å². The van der Waals surface area contributed by atoms with Crippen LogP contribution in [0.4, 0.5) is 4.39 Å². The molecule has 0 spiro atoms. The van der Waals surface area contributed by atoms with E-state index in [0.717, 1.165) is 24.0 Å². The Balaban J connectivity index is 2.29. The highest BCUT2D eigenvalue weighted by molar-refractivity contribution is 5.69.